The molecule has 0 atom stereocenters. The van der Waals surface area contributed by atoms with Gasteiger partial charge in [-0.1, -0.05) is 43.2 Å². The van der Waals surface area contributed by atoms with Crippen LogP contribution in [0.25, 0.3) is 11.1 Å². The Morgan fingerprint density at radius 3 is 2.58 bits per heavy atom. The molecule has 1 aliphatic carbocycles. The molecule has 4 nitrogen and oxygen atoms in total. The minimum Gasteiger partial charge on any atom is -0.462 e. The van der Waals surface area contributed by atoms with Gasteiger partial charge in [-0.15, -0.1) is 11.3 Å². The second-order valence-electron chi connectivity index (χ2n) is 5.91. The maximum atomic E-state index is 12.5. The van der Waals surface area contributed by atoms with E-state index in [1.165, 1.54) is 11.3 Å². The van der Waals surface area contributed by atoms with Gasteiger partial charge in [0.2, 0.25) is 5.91 Å². The van der Waals surface area contributed by atoms with Gasteiger partial charge in [0.05, 0.1) is 6.61 Å². The number of anilines is 1. The van der Waals surface area contributed by atoms with Crippen LogP contribution in [0, 0.1) is 5.92 Å². The topological polar surface area (TPSA) is 55.4 Å². The molecule has 0 bridgehead atoms. The second-order valence-corrected chi connectivity index (χ2v) is 6.79. The largest absolute Gasteiger partial charge is 0.462 e. The molecule has 1 heterocycles. The first-order valence-corrected chi connectivity index (χ1v) is 9.23. The molecule has 1 amide bonds. The monoisotopic (exact) mass is 343 g/mol. The molecule has 1 aliphatic rings. The predicted molar refractivity (Wildman–Crippen MR) is 96.3 cm³/mol. The first-order chi connectivity index (χ1) is 11.7. The summed E-state index contributed by atoms with van der Waals surface area (Å²) in [6.45, 7) is 2.09. The normalized spacial score (nSPS) is 14.5. The Labute approximate surface area is 145 Å². The summed E-state index contributed by atoms with van der Waals surface area (Å²) in [5.74, 6) is -0.318. The van der Waals surface area contributed by atoms with Gasteiger partial charge >= 0.3 is 5.97 Å². The van der Waals surface area contributed by atoms with Gasteiger partial charge in [0.15, 0.2) is 0 Å². The number of amides is 1. The SMILES string of the molecule is CCOC(=O)c1c(-c2ccccc2)csc1NC(=O)C1CCCC1. The van der Waals surface area contributed by atoms with Gasteiger partial charge in [0, 0.05) is 16.9 Å². The average Bonchev–Trinajstić information content (AvgIpc) is 3.25. The molecule has 0 radical (unpaired) electrons. The summed E-state index contributed by atoms with van der Waals surface area (Å²) in [6.07, 6.45) is 4.06. The average molecular weight is 343 g/mol. The van der Waals surface area contributed by atoms with Gasteiger partial charge in [-0.3, -0.25) is 4.79 Å². The fourth-order valence-corrected chi connectivity index (χ4v) is 4.05. The highest BCUT2D eigenvalue weighted by Gasteiger charge is 2.27. The number of carbonyl (C=O) groups is 2. The summed E-state index contributed by atoms with van der Waals surface area (Å²) < 4.78 is 5.21. The molecule has 1 aromatic heterocycles. The third-order valence-corrected chi connectivity index (χ3v) is 5.21. The molecule has 2 aromatic rings. The lowest BCUT2D eigenvalue weighted by molar-refractivity contribution is -0.119. The summed E-state index contributed by atoms with van der Waals surface area (Å²) in [7, 11) is 0. The lowest BCUT2D eigenvalue weighted by atomic mass is 10.0. The molecule has 126 valence electrons. The Balaban J connectivity index is 1.92. The first-order valence-electron chi connectivity index (χ1n) is 8.35. The third-order valence-electron chi connectivity index (χ3n) is 4.32. The Bertz CT molecular complexity index is 717. The van der Waals surface area contributed by atoms with Crippen LogP contribution in [0.4, 0.5) is 5.00 Å². The molecule has 1 fully saturated rings. The Kier molecular flexibility index (Phi) is 5.30. The number of esters is 1. The number of rotatable bonds is 5. The van der Waals surface area contributed by atoms with Crippen LogP contribution in [-0.4, -0.2) is 18.5 Å². The van der Waals surface area contributed by atoms with Gasteiger partial charge in [-0.05, 0) is 25.3 Å². The number of benzene rings is 1. The van der Waals surface area contributed by atoms with E-state index in [2.05, 4.69) is 5.32 Å². The molecule has 3 rings (SSSR count). The van der Waals surface area contributed by atoms with Crippen LogP contribution in [0.2, 0.25) is 0 Å². The zero-order valence-electron chi connectivity index (χ0n) is 13.7. The minimum absolute atomic E-state index is 0.0134. The van der Waals surface area contributed by atoms with Gasteiger partial charge in [-0.25, -0.2) is 4.79 Å². The molecular formula is C19H21NO3S. The standard InChI is InChI=1S/C19H21NO3S/c1-2-23-19(22)16-15(13-8-4-3-5-9-13)12-24-18(16)20-17(21)14-10-6-7-11-14/h3-5,8-9,12,14H,2,6-7,10-11H2,1H3,(H,20,21). The zero-order valence-corrected chi connectivity index (χ0v) is 14.5. The summed E-state index contributed by atoms with van der Waals surface area (Å²) in [5.41, 5.74) is 2.21. The van der Waals surface area contributed by atoms with Crippen molar-refractivity contribution in [3.8, 4) is 11.1 Å². The zero-order chi connectivity index (χ0) is 16.9. The summed E-state index contributed by atoms with van der Waals surface area (Å²) >= 11 is 1.38. The van der Waals surface area contributed by atoms with E-state index in [0.29, 0.717) is 17.2 Å². The molecule has 0 saturated heterocycles. The van der Waals surface area contributed by atoms with Crippen molar-refractivity contribution in [2.75, 3.05) is 11.9 Å². The van der Waals surface area contributed by atoms with Crippen molar-refractivity contribution in [3.05, 3.63) is 41.3 Å². The van der Waals surface area contributed by atoms with E-state index >= 15 is 0 Å². The fraction of sp³-hybridized carbons (Fsp3) is 0.368. The molecule has 1 saturated carbocycles. The van der Waals surface area contributed by atoms with Crippen molar-refractivity contribution in [2.24, 2.45) is 5.92 Å². The number of carbonyl (C=O) groups excluding carboxylic acids is 2. The maximum absolute atomic E-state index is 12.5. The van der Waals surface area contributed by atoms with E-state index in [4.69, 9.17) is 4.74 Å². The van der Waals surface area contributed by atoms with Gasteiger partial charge < -0.3 is 10.1 Å². The van der Waals surface area contributed by atoms with Crippen LogP contribution >= 0.6 is 11.3 Å². The maximum Gasteiger partial charge on any atom is 0.341 e. The van der Waals surface area contributed by atoms with E-state index in [9.17, 15) is 9.59 Å². The molecule has 24 heavy (non-hydrogen) atoms. The predicted octanol–water partition coefficient (Wildman–Crippen LogP) is 4.72. The van der Waals surface area contributed by atoms with Crippen molar-refractivity contribution in [1.82, 2.24) is 0 Å². The second kappa shape index (κ2) is 7.62. The Morgan fingerprint density at radius 2 is 1.92 bits per heavy atom. The van der Waals surface area contributed by atoms with Crippen molar-refractivity contribution in [2.45, 2.75) is 32.6 Å². The quantitative estimate of drug-likeness (QED) is 0.799. The number of nitrogens with one attached hydrogen (secondary N) is 1. The van der Waals surface area contributed by atoms with Gasteiger partial charge in [0.25, 0.3) is 0 Å². The van der Waals surface area contributed by atoms with Crippen LogP contribution in [0.15, 0.2) is 35.7 Å². The van der Waals surface area contributed by atoms with Crippen LogP contribution in [0.1, 0.15) is 43.0 Å². The highest BCUT2D eigenvalue weighted by atomic mass is 32.1. The lowest BCUT2D eigenvalue weighted by Crippen LogP contribution is -2.21. The van der Waals surface area contributed by atoms with Gasteiger partial charge in [-0.2, -0.15) is 0 Å². The first kappa shape index (κ1) is 16.7. The Hall–Kier alpha value is -2.14. The molecule has 1 N–H and O–H groups in total. The van der Waals surface area contributed by atoms with E-state index in [-0.39, 0.29) is 17.8 Å². The van der Waals surface area contributed by atoms with Crippen molar-refractivity contribution in [1.29, 1.82) is 0 Å². The van der Waals surface area contributed by atoms with Crippen molar-refractivity contribution >= 4 is 28.2 Å². The highest BCUT2D eigenvalue weighted by molar-refractivity contribution is 7.15. The van der Waals surface area contributed by atoms with E-state index in [1.54, 1.807) is 6.92 Å². The van der Waals surface area contributed by atoms with E-state index in [1.807, 2.05) is 35.7 Å². The van der Waals surface area contributed by atoms with Crippen LogP contribution < -0.4 is 5.32 Å². The van der Waals surface area contributed by atoms with E-state index < -0.39 is 0 Å². The van der Waals surface area contributed by atoms with Crippen molar-refractivity contribution < 1.29 is 14.3 Å². The highest BCUT2D eigenvalue weighted by Crippen LogP contribution is 2.37. The minimum atomic E-state index is -0.390. The third kappa shape index (κ3) is 3.51. The van der Waals surface area contributed by atoms with Gasteiger partial charge in [0.1, 0.15) is 10.6 Å². The summed E-state index contributed by atoms with van der Waals surface area (Å²) in [5, 5.41) is 5.46. The van der Waals surface area contributed by atoms with Crippen LogP contribution in [-0.2, 0) is 9.53 Å². The van der Waals surface area contributed by atoms with Crippen molar-refractivity contribution in [3.63, 3.8) is 0 Å². The molecular weight excluding hydrogens is 322 g/mol. The summed E-state index contributed by atoms with van der Waals surface area (Å²) in [6, 6.07) is 9.70. The van der Waals surface area contributed by atoms with Crippen LogP contribution in [0.5, 0.6) is 0 Å². The summed E-state index contributed by atoms with van der Waals surface area (Å²) in [4.78, 5) is 24.9. The van der Waals surface area contributed by atoms with Crippen LogP contribution in [0.3, 0.4) is 0 Å². The molecule has 5 heteroatoms. The number of ether oxygens (including phenoxy) is 1. The number of hydrogen-bond donors (Lipinski definition) is 1. The fourth-order valence-electron chi connectivity index (χ4n) is 3.09. The molecule has 1 aromatic carbocycles. The molecule has 0 spiro atoms. The number of thiophene rings is 1. The lowest BCUT2D eigenvalue weighted by Gasteiger charge is -2.11. The van der Waals surface area contributed by atoms with E-state index in [0.717, 1.165) is 36.8 Å². The molecule has 0 unspecified atom stereocenters. The Morgan fingerprint density at radius 1 is 1.21 bits per heavy atom. The molecule has 0 aliphatic heterocycles. The smallest absolute Gasteiger partial charge is 0.341 e. The number of hydrogen-bond acceptors (Lipinski definition) is 4.